The molecular weight excluding hydrogens is 266 g/mol. The summed E-state index contributed by atoms with van der Waals surface area (Å²) in [6.45, 7) is 0. The molecule has 0 saturated carbocycles. The molecule has 0 aliphatic heterocycles. The zero-order chi connectivity index (χ0) is 12.7. The maximum atomic E-state index is 8.92. The molecule has 5 heteroatoms. The Balaban J connectivity index is 2.30. The first-order chi connectivity index (χ1) is 8.70. The van der Waals surface area contributed by atoms with Gasteiger partial charge in [-0.05, 0) is 29.6 Å². The normalized spacial score (nSPS) is 10.7. The predicted octanol–water partition coefficient (Wildman–Crippen LogP) is 3.83. The van der Waals surface area contributed by atoms with Crippen molar-refractivity contribution < 1.29 is 0 Å². The molecule has 0 fully saturated rings. The number of benzene rings is 1. The predicted molar refractivity (Wildman–Crippen MR) is 73.8 cm³/mol. The van der Waals surface area contributed by atoms with Crippen LogP contribution in [0, 0.1) is 11.3 Å². The lowest BCUT2D eigenvalue weighted by Crippen LogP contribution is -1.91. The van der Waals surface area contributed by atoms with Crippen LogP contribution in [-0.2, 0) is 7.05 Å². The highest BCUT2D eigenvalue weighted by atomic mass is 35.5. The SMILES string of the molecule is Cn1c(-c2sccc2Cl)nc2ccc(C#N)cc21. The molecule has 0 saturated heterocycles. The monoisotopic (exact) mass is 273 g/mol. The fourth-order valence-electron chi connectivity index (χ4n) is 1.92. The average molecular weight is 274 g/mol. The van der Waals surface area contributed by atoms with E-state index in [-0.39, 0.29) is 0 Å². The number of hydrogen-bond acceptors (Lipinski definition) is 3. The Morgan fingerprint density at radius 2 is 2.22 bits per heavy atom. The number of nitrogens with zero attached hydrogens (tertiary/aromatic N) is 3. The first-order valence-corrected chi connectivity index (χ1v) is 6.56. The highest BCUT2D eigenvalue weighted by molar-refractivity contribution is 7.14. The number of nitriles is 1. The number of rotatable bonds is 1. The fraction of sp³-hybridized carbons (Fsp3) is 0.0769. The summed E-state index contributed by atoms with van der Waals surface area (Å²) in [6, 6.07) is 9.47. The molecule has 18 heavy (non-hydrogen) atoms. The van der Waals surface area contributed by atoms with E-state index in [0.717, 1.165) is 21.7 Å². The van der Waals surface area contributed by atoms with E-state index >= 15 is 0 Å². The zero-order valence-electron chi connectivity index (χ0n) is 9.51. The van der Waals surface area contributed by atoms with Gasteiger partial charge in [0.2, 0.25) is 0 Å². The van der Waals surface area contributed by atoms with Gasteiger partial charge in [-0.2, -0.15) is 5.26 Å². The Morgan fingerprint density at radius 1 is 1.39 bits per heavy atom. The summed E-state index contributed by atoms with van der Waals surface area (Å²) in [4.78, 5) is 5.52. The number of halogens is 1. The molecule has 3 aromatic rings. The van der Waals surface area contributed by atoms with Crippen LogP contribution in [0.5, 0.6) is 0 Å². The van der Waals surface area contributed by atoms with E-state index in [0.29, 0.717) is 10.6 Å². The molecule has 0 amide bonds. The molecule has 0 spiro atoms. The van der Waals surface area contributed by atoms with Gasteiger partial charge in [0.1, 0.15) is 0 Å². The van der Waals surface area contributed by atoms with Gasteiger partial charge in [0.05, 0.1) is 32.6 Å². The largest absolute Gasteiger partial charge is 0.326 e. The van der Waals surface area contributed by atoms with E-state index < -0.39 is 0 Å². The van der Waals surface area contributed by atoms with Crippen LogP contribution < -0.4 is 0 Å². The molecule has 0 unspecified atom stereocenters. The summed E-state index contributed by atoms with van der Waals surface area (Å²) in [5.41, 5.74) is 2.44. The summed E-state index contributed by atoms with van der Waals surface area (Å²) in [6.07, 6.45) is 0. The van der Waals surface area contributed by atoms with E-state index in [1.165, 1.54) is 0 Å². The van der Waals surface area contributed by atoms with Crippen molar-refractivity contribution in [2.45, 2.75) is 0 Å². The van der Waals surface area contributed by atoms with Crippen molar-refractivity contribution >= 4 is 34.0 Å². The standard InChI is InChI=1S/C13H8ClN3S/c1-17-11-6-8(7-15)2-3-10(11)16-13(17)12-9(14)4-5-18-12/h2-6H,1H3. The van der Waals surface area contributed by atoms with E-state index in [9.17, 15) is 0 Å². The molecule has 0 N–H and O–H groups in total. The molecule has 0 aliphatic carbocycles. The van der Waals surface area contributed by atoms with Crippen molar-refractivity contribution in [3.05, 3.63) is 40.2 Å². The molecule has 1 aromatic carbocycles. The van der Waals surface area contributed by atoms with Gasteiger partial charge in [-0.25, -0.2) is 4.98 Å². The number of aromatic nitrogens is 2. The lowest BCUT2D eigenvalue weighted by molar-refractivity contribution is 0.963. The topological polar surface area (TPSA) is 41.6 Å². The molecule has 0 radical (unpaired) electrons. The maximum Gasteiger partial charge on any atom is 0.152 e. The van der Waals surface area contributed by atoms with Crippen LogP contribution in [0.25, 0.3) is 21.7 Å². The summed E-state index contributed by atoms with van der Waals surface area (Å²) in [5.74, 6) is 0.833. The van der Waals surface area contributed by atoms with Crippen molar-refractivity contribution in [3.8, 4) is 16.8 Å². The second-order valence-electron chi connectivity index (χ2n) is 3.91. The Morgan fingerprint density at radius 3 is 2.89 bits per heavy atom. The van der Waals surface area contributed by atoms with Gasteiger partial charge in [-0.3, -0.25) is 0 Å². The van der Waals surface area contributed by atoms with Crippen LogP contribution in [0.4, 0.5) is 0 Å². The fourth-order valence-corrected chi connectivity index (χ4v) is 3.08. The van der Waals surface area contributed by atoms with Gasteiger partial charge in [0, 0.05) is 7.05 Å². The minimum Gasteiger partial charge on any atom is -0.326 e. The summed E-state index contributed by atoms with van der Waals surface area (Å²) in [7, 11) is 1.93. The summed E-state index contributed by atoms with van der Waals surface area (Å²) < 4.78 is 1.97. The van der Waals surface area contributed by atoms with Crippen LogP contribution in [0.2, 0.25) is 5.02 Å². The van der Waals surface area contributed by atoms with Crippen LogP contribution >= 0.6 is 22.9 Å². The third-order valence-corrected chi connectivity index (χ3v) is 4.17. The highest BCUT2D eigenvalue weighted by Gasteiger charge is 2.14. The van der Waals surface area contributed by atoms with Crippen molar-refractivity contribution in [1.82, 2.24) is 9.55 Å². The Hall–Kier alpha value is -1.83. The van der Waals surface area contributed by atoms with Gasteiger partial charge >= 0.3 is 0 Å². The highest BCUT2D eigenvalue weighted by Crippen LogP contribution is 2.34. The third-order valence-electron chi connectivity index (χ3n) is 2.83. The number of aryl methyl sites for hydroxylation is 1. The summed E-state index contributed by atoms with van der Waals surface area (Å²) >= 11 is 7.70. The van der Waals surface area contributed by atoms with Gasteiger partial charge in [0.15, 0.2) is 5.82 Å². The minimum absolute atomic E-state index is 0.634. The second-order valence-corrected chi connectivity index (χ2v) is 5.23. The lowest BCUT2D eigenvalue weighted by Gasteiger charge is -2.00. The number of thiophene rings is 1. The lowest BCUT2D eigenvalue weighted by atomic mass is 10.2. The molecule has 2 aromatic heterocycles. The Kier molecular flexibility index (Phi) is 2.58. The van der Waals surface area contributed by atoms with Gasteiger partial charge in [-0.1, -0.05) is 11.6 Å². The Bertz CT molecular complexity index is 779. The van der Waals surface area contributed by atoms with Gasteiger partial charge < -0.3 is 4.57 Å². The Labute approximate surface area is 113 Å². The third kappa shape index (κ3) is 1.60. The number of imidazole rings is 1. The first-order valence-electron chi connectivity index (χ1n) is 5.30. The molecule has 3 nitrogen and oxygen atoms in total. The smallest absolute Gasteiger partial charge is 0.152 e. The zero-order valence-corrected chi connectivity index (χ0v) is 11.1. The van der Waals surface area contributed by atoms with Crippen LogP contribution in [0.3, 0.4) is 0 Å². The molecule has 0 aliphatic rings. The second kappa shape index (κ2) is 4.13. The molecule has 2 heterocycles. The van der Waals surface area contributed by atoms with Gasteiger partial charge in [0.25, 0.3) is 0 Å². The number of fused-ring (bicyclic) bond motifs is 1. The van der Waals surface area contributed by atoms with Crippen molar-refractivity contribution in [2.24, 2.45) is 7.05 Å². The van der Waals surface area contributed by atoms with Crippen LogP contribution in [0.15, 0.2) is 29.6 Å². The molecule has 0 atom stereocenters. The van der Waals surface area contributed by atoms with E-state index in [1.807, 2.05) is 35.2 Å². The van der Waals surface area contributed by atoms with Crippen molar-refractivity contribution in [3.63, 3.8) is 0 Å². The van der Waals surface area contributed by atoms with Crippen molar-refractivity contribution in [1.29, 1.82) is 5.26 Å². The van der Waals surface area contributed by atoms with E-state index in [1.54, 1.807) is 17.4 Å². The first kappa shape index (κ1) is 11.3. The molecule has 88 valence electrons. The molecule has 0 bridgehead atoms. The van der Waals surface area contributed by atoms with Crippen LogP contribution in [0.1, 0.15) is 5.56 Å². The van der Waals surface area contributed by atoms with Crippen molar-refractivity contribution in [2.75, 3.05) is 0 Å². The van der Waals surface area contributed by atoms with Crippen LogP contribution in [-0.4, -0.2) is 9.55 Å². The van der Waals surface area contributed by atoms with Gasteiger partial charge in [-0.15, -0.1) is 11.3 Å². The summed E-state index contributed by atoms with van der Waals surface area (Å²) in [5, 5.41) is 11.6. The minimum atomic E-state index is 0.634. The quantitative estimate of drug-likeness (QED) is 0.676. The number of hydrogen-bond donors (Lipinski definition) is 0. The van der Waals surface area contributed by atoms with E-state index in [4.69, 9.17) is 16.9 Å². The maximum absolute atomic E-state index is 8.92. The molecular formula is C13H8ClN3S. The van der Waals surface area contributed by atoms with E-state index in [2.05, 4.69) is 11.1 Å². The molecule has 3 rings (SSSR count). The average Bonchev–Trinajstić information content (AvgIpc) is 2.93.